The van der Waals surface area contributed by atoms with Gasteiger partial charge in [-0.1, -0.05) is 11.6 Å². The third-order valence-corrected chi connectivity index (χ3v) is 2.79. The Kier molecular flexibility index (Phi) is 3.71. The van der Waals surface area contributed by atoms with Gasteiger partial charge in [-0.15, -0.1) is 0 Å². The van der Waals surface area contributed by atoms with Crippen molar-refractivity contribution in [3.8, 4) is 0 Å². The van der Waals surface area contributed by atoms with Gasteiger partial charge in [-0.25, -0.2) is 9.67 Å². The van der Waals surface area contributed by atoms with Crippen LogP contribution in [0.2, 0.25) is 5.02 Å². The maximum atomic E-state index is 12.1. The standard InChI is InChI=1S/C12H14ClN5O/c1-7(2)18-10(5-6-15-18)17-12(19)11-8(13)3-4-9(14)16-11/h3-7H,1-2H3,(H2,14,16)(H,17,19). The summed E-state index contributed by atoms with van der Waals surface area (Å²) in [6.45, 7) is 3.93. The number of nitrogens with two attached hydrogens (primary N) is 1. The minimum Gasteiger partial charge on any atom is -0.384 e. The molecule has 0 unspecified atom stereocenters. The number of nitrogens with one attached hydrogen (secondary N) is 1. The molecule has 1 amide bonds. The molecule has 19 heavy (non-hydrogen) atoms. The Hall–Kier alpha value is -2.08. The maximum Gasteiger partial charge on any atom is 0.277 e. The molecule has 0 bridgehead atoms. The minimum absolute atomic E-state index is 0.0955. The van der Waals surface area contributed by atoms with Crippen LogP contribution in [0.4, 0.5) is 11.6 Å². The minimum atomic E-state index is -0.417. The van der Waals surface area contributed by atoms with Crippen LogP contribution in [0.15, 0.2) is 24.4 Å². The van der Waals surface area contributed by atoms with E-state index < -0.39 is 5.91 Å². The van der Waals surface area contributed by atoms with E-state index >= 15 is 0 Å². The molecule has 0 aliphatic rings. The monoisotopic (exact) mass is 279 g/mol. The Morgan fingerprint density at radius 2 is 2.16 bits per heavy atom. The van der Waals surface area contributed by atoms with E-state index in [0.717, 1.165) is 0 Å². The van der Waals surface area contributed by atoms with Gasteiger partial charge < -0.3 is 11.1 Å². The summed E-state index contributed by atoms with van der Waals surface area (Å²) in [5, 5.41) is 7.09. The molecule has 2 aromatic rings. The summed E-state index contributed by atoms with van der Waals surface area (Å²) >= 11 is 5.93. The van der Waals surface area contributed by atoms with E-state index in [-0.39, 0.29) is 22.6 Å². The van der Waals surface area contributed by atoms with Crippen molar-refractivity contribution in [2.45, 2.75) is 19.9 Å². The molecular weight excluding hydrogens is 266 g/mol. The van der Waals surface area contributed by atoms with Crippen LogP contribution in [0.25, 0.3) is 0 Å². The van der Waals surface area contributed by atoms with Crippen LogP contribution in [0.5, 0.6) is 0 Å². The Morgan fingerprint density at radius 1 is 1.42 bits per heavy atom. The topological polar surface area (TPSA) is 85.8 Å². The van der Waals surface area contributed by atoms with E-state index in [4.69, 9.17) is 17.3 Å². The highest BCUT2D eigenvalue weighted by Gasteiger charge is 2.15. The molecule has 0 spiro atoms. The zero-order valence-electron chi connectivity index (χ0n) is 10.6. The number of halogens is 1. The van der Waals surface area contributed by atoms with Gasteiger partial charge in [0.1, 0.15) is 17.3 Å². The Balaban J connectivity index is 2.26. The van der Waals surface area contributed by atoms with Crippen molar-refractivity contribution in [3.63, 3.8) is 0 Å². The first kappa shape index (κ1) is 13.4. The second kappa shape index (κ2) is 5.27. The summed E-state index contributed by atoms with van der Waals surface area (Å²) in [5.41, 5.74) is 5.65. The first-order chi connectivity index (χ1) is 8.99. The number of hydrogen-bond donors (Lipinski definition) is 2. The van der Waals surface area contributed by atoms with Crippen molar-refractivity contribution >= 4 is 29.1 Å². The van der Waals surface area contributed by atoms with Gasteiger partial charge in [-0.05, 0) is 26.0 Å². The van der Waals surface area contributed by atoms with Crippen LogP contribution in [-0.2, 0) is 0 Å². The van der Waals surface area contributed by atoms with E-state index in [0.29, 0.717) is 5.82 Å². The molecule has 2 heterocycles. The van der Waals surface area contributed by atoms with Crippen LogP contribution in [-0.4, -0.2) is 20.7 Å². The van der Waals surface area contributed by atoms with Gasteiger partial charge in [0, 0.05) is 12.1 Å². The Bertz CT molecular complexity index is 608. The summed E-state index contributed by atoms with van der Waals surface area (Å²) in [7, 11) is 0. The number of carbonyl (C=O) groups excluding carboxylic acids is 1. The molecule has 0 aliphatic carbocycles. The van der Waals surface area contributed by atoms with Crippen molar-refractivity contribution in [3.05, 3.63) is 35.1 Å². The largest absolute Gasteiger partial charge is 0.384 e. The van der Waals surface area contributed by atoms with E-state index in [9.17, 15) is 4.79 Å². The molecule has 0 radical (unpaired) electrons. The van der Waals surface area contributed by atoms with Gasteiger partial charge in [0.2, 0.25) is 0 Å². The molecule has 0 saturated heterocycles. The highest BCUT2D eigenvalue weighted by atomic mass is 35.5. The number of pyridine rings is 1. The number of aromatic nitrogens is 3. The van der Waals surface area contributed by atoms with Crippen molar-refractivity contribution in [1.82, 2.24) is 14.8 Å². The first-order valence-electron chi connectivity index (χ1n) is 5.76. The van der Waals surface area contributed by atoms with Crippen LogP contribution >= 0.6 is 11.6 Å². The molecule has 100 valence electrons. The van der Waals surface area contributed by atoms with Gasteiger partial charge in [-0.3, -0.25) is 4.79 Å². The second-order valence-electron chi connectivity index (χ2n) is 4.28. The summed E-state index contributed by atoms with van der Waals surface area (Å²) < 4.78 is 1.69. The normalized spacial score (nSPS) is 10.7. The van der Waals surface area contributed by atoms with Crippen LogP contribution < -0.4 is 11.1 Å². The molecule has 6 nitrogen and oxygen atoms in total. The lowest BCUT2D eigenvalue weighted by Crippen LogP contribution is -2.18. The molecule has 0 atom stereocenters. The molecule has 0 fully saturated rings. The third kappa shape index (κ3) is 2.85. The lowest BCUT2D eigenvalue weighted by Gasteiger charge is -2.12. The van der Waals surface area contributed by atoms with Crippen LogP contribution in [0, 0.1) is 0 Å². The highest BCUT2D eigenvalue weighted by molar-refractivity contribution is 6.34. The quantitative estimate of drug-likeness (QED) is 0.903. The summed E-state index contributed by atoms with van der Waals surface area (Å²) in [5.74, 6) is 0.409. The number of nitrogen functional groups attached to an aromatic ring is 1. The van der Waals surface area contributed by atoms with Crippen molar-refractivity contribution < 1.29 is 4.79 Å². The SMILES string of the molecule is CC(C)n1nccc1NC(=O)c1nc(N)ccc1Cl. The molecule has 0 aromatic carbocycles. The van der Waals surface area contributed by atoms with Crippen LogP contribution in [0.3, 0.4) is 0 Å². The highest BCUT2D eigenvalue weighted by Crippen LogP contribution is 2.18. The van der Waals surface area contributed by atoms with Gasteiger partial charge in [0.05, 0.1) is 11.2 Å². The average Bonchev–Trinajstić information content (AvgIpc) is 2.80. The zero-order valence-corrected chi connectivity index (χ0v) is 11.3. The summed E-state index contributed by atoms with van der Waals surface area (Å²) in [6.07, 6.45) is 1.62. The smallest absolute Gasteiger partial charge is 0.277 e. The molecule has 3 N–H and O–H groups in total. The first-order valence-corrected chi connectivity index (χ1v) is 6.13. The molecule has 2 rings (SSSR count). The number of nitrogens with zero attached hydrogens (tertiary/aromatic N) is 3. The van der Waals surface area contributed by atoms with E-state index in [1.165, 1.54) is 6.07 Å². The summed E-state index contributed by atoms with van der Waals surface area (Å²) in [4.78, 5) is 16.0. The predicted octanol–water partition coefficient (Wildman–Crippen LogP) is 2.35. The van der Waals surface area contributed by atoms with E-state index in [2.05, 4.69) is 15.4 Å². The lowest BCUT2D eigenvalue weighted by atomic mass is 10.3. The molecular formula is C12H14ClN5O. The van der Waals surface area contributed by atoms with Gasteiger partial charge >= 0.3 is 0 Å². The molecule has 2 aromatic heterocycles. The van der Waals surface area contributed by atoms with E-state index in [1.54, 1.807) is 23.0 Å². The zero-order chi connectivity index (χ0) is 14.0. The Labute approximate surface area is 115 Å². The lowest BCUT2D eigenvalue weighted by molar-refractivity contribution is 0.102. The fraction of sp³-hybridized carbons (Fsp3) is 0.250. The maximum absolute atomic E-state index is 12.1. The molecule has 0 aliphatic heterocycles. The molecule has 7 heteroatoms. The number of anilines is 2. The van der Waals surface area contributed by atoms with Gasteiger partial charge in [0.25, 0.3) is 5.91 Å². The summed E-state index contributed by atoms with van der Waals surface area (Å²) in [6, 6.07) is 4.92. The van der Waals surface area contributed by atoms with Crippen molar-refractivity contribution in [2.24, 2.45) is 0 Å². The number of hydrogen-bond acceptors (Lipinski definition) is 4. The van der Waals surface area contributed by atoms with Crippen molar-refractivity contribution in [2.75, 3.05) is 11.1 Å². The Morgan fingerprint density at radius 3 is 2.84 bits per heavy atom. The fourth-order valence-electron chi connectivity index (χ4n) is 1.62. The van der Waals surface area contributed by atoms with Crippen LogP contribution in [0.1, 0.15) is 30.4 Å². The van der Waals surface area contributed by atoms with Gasteiger partial charge in [-0.2, -0.15) is 5.10 Å². The second-order valence-corrected chi connectivity index (χ2v) is 4.68. The van der Waals surface area contributed by atoms with E-state index in [1.807, 2.05) is 13.8 Å². The third-order valence-electron chi connectivity index (χ3n) is 2.48. The average molecular weight is 280 g/mol. The fourth-order valence-corrected chi connectivity index (χ4v) is 1.81. The number of carbonyl (C=O) groups is 1. The number of amides is 1. The number of rotatable bonds is 3. The molecule has 0 saturated carbocycles. The predicted molar refractivity (Wildman–Crippen MR) is 74.2 cm³/mol. The van der Waals surface area contributed by atoms with Crippen molar-refractivity contribution in [1.29, 1.82) is 0 Å². The van der Waals surface area contributed by atoms with Gasteiger partial charge in [0.15, 0.2) is 0 Å².